The highest BCUT2D eigenvalue weighted by atomic mass is 19.4. The van der Waals surface area contributed by atoms with E-state index in [1.165, 1.54) is 6.92 Å². The number of ether oxygens (including phenoxy) is 10. The van der Waals surface area contributed by atoms with Crippen LogP contribution in [0.1, 0.15) is 35.6 Å². The minimum absolute atomic E-state index is 0.0578. The third kappa shape index (κ3) is 16.8. The lowest BCUT2D eigenvalue weighted by atomic mass is 9.95. The first-order valence-corrected chi connectivity index (χ1v) is 24.6. The summed E-state index contributed by atoms with van der Waals surface area (Å²) < 4.78 is 100. The molecule has 7 rings (SSSR count). The molecule has 4 aromatic rings. The number of aliphatic hydroxyl groups excluding tert-OH is 5. The van der Waals surface area contributed by atoms with Crippen LogP contribution in [0, 0.1) is 0 Å². The molecule has 2 amide bonds. The second-order valence-corrected chi connectivity index (χ2v) is 18.3. The molecule has 6 unspecified atom stereocenters. The van der Waals surface area contributed by atoms with Crippen molar-refractivity contribution in [3.05, 3.63) is 144 Å². The highest BCUT2D eigenvalue weighted by Crippen LogP contribution is 2.35. The van der Waals surface area contributed by atoms with Gasteiger partial charge < -0.3 is 83.5 Å². The van der Waals surface area contributed by atoms with Crippen LogP contribution in [0.3, 0.4) is 0 Å². The third-order valence-corrected chi connectivity index (χ3v) is 12.5. The van der Waals surface area contributed by atoms with E-state index in [9.17, 15) is 48.3 Å². The highest BCUT2D eigenvalue weighted by Gasteiger charge is 2.55. The first-order valence-electron chi connectivity index (χ1n) is 24.6. The number of hydrogen-bond acceptors (Lipinski definition) is 17. The smallest absolute Gasteiger partial charge is 0.388 e. The van der Waals surface area contributed by atoms with Crippen molar-refractivity contribution in [2.45, 2.75) is 138 Å². The molecular weight excluding hydrogens is 994 g/mol. The number of rotatable bonds is 25. The topological polar surface area (TPSA) is 252 Å². The molecule has 0 radical (unpaired) electrons. The number of carbonyl (C=O) groups excluding carboxylic acids is 2. The number of halogens is 3. The van der Waals surface area contributed by atoms with Gasteiger partial charge in [0.05, 0.1) is 52.9 Å². The summed E-state index contributed by atoms with van der Waals surface area (Å²) in [5, 5.41) is 63.9. The Morgan fingerprint density at radius 1 is 0.520 bits per heavy atom. The SMILES string of the molecule is CC(=O)NC1[C@H](OCCCNC(=O)C(F)(F)F)OC(COCc2ccccc2)[C@@H](O[C@@H]2OC(COCc3ccccc3)[C@H](O)[C@H](O[C@@H]3OC(COCc4ccccc4)[C@H](O)[C@H](O)C3OCc3ccccc3)C2O)[C@@H]1O. The average Bonchev–Trinajstić information content (AvgIpc) is 3.40. The predicted molar refractivity (Wildman–Crippen MR) is 256 cm³/mol. The number of aliphatic hydroxyl groups is 5. The Hall–Kier alpha value is -4.99. The standard InChI is InChI=1S/C53H65F3N2O17/c1-32(59)58-40-43(62)46(39(31-68-27-35-19-10-4-11-20-35)73-49(40)69-24-14-23-57-52(65)53(54,55)56)74-50-45(64)47(42(61)38(71-50)30-67-26-34-17-8-3-9-18-34)75-51-48(70-28-36-21-12-5-13-22-36)44(63)41(60)37(72-51)29-66-25-33-15-6-2-7-16-33/h2-13,15-22,37-51,60-64H,14,23-31H2,1H3,(H,57,65)(H,58,59)/t37?,38?,39?,40?,41-,42-,43+,44-,45?,46+,47-,48?,49+,50-,51-/m0/s1. The Labute approximate surface area is 431 Å². The molecule has 0 aliphatic carbocycles. The molecule has 410 valence electrons. The molecule has 15 atom stereocenters. The highest BCUT2D eigenvalue weighted by molar-refractivity contribution is 5.81. The number of benzene rings is 4. The van der Waals surface area contributed by atoms with Gasteiger partial charge in [0.25, 0.3) is 0 Å². The summed E-state index contributed by atoms with van der Waals surface area (Å²) >= 11 is 0. The summed E-state index contributed by atoms with van der Waals surface area (Å²) in [5.74, 6) is -2.77. The lowest BCUT2D eigenvalue weighted by Crippen LogP contribution is -2.68. The first kappa shape index (κ1) is 57.7. The summed E-state index contributed by atoms with van der Waals surface area (Å²) in [6, 6.07) is 35.0. The molecule has 7 N–H and O–H groups in total. The van der Waals surface area contributed by atoms with Gasteiger partial charge in [-0.3, -0.25) is 9.59 Å². The van der Waals surface area contributed by atoms with Crippen molar-refractivity contribution in [1.29, 1.82) is 0 Å². The zero-order valence-electron chi connectivity index (χ0n) is 41.0. The fraction of sp³-hybridized carbons (Fsp3) is 0.509. The van der Waals surface area contributed by atoms with Crippen molar-refractivity contribution >= 4 is 11.8 Å². The van der Waals surface area contributed by atoms with E-state index in [0.29, 0.717) is 5.56 Å². The Bertz CT molecular complexity index is 2300. The van der Waals surface area contributed by atoms with E-state index in [0.717, 1.165) is 16.7 Å². The Kier molecular flexibility index (Phi) is 21.9. The number of nitrogens with one attached hydrogen (secondary N) is 2. The summed E-state index contributed by atoms with van der Waals surface area (Å²) in [7, 11) is 0. The molecular formula is C53H65F3N2O17. The largest absolute Gasteiger partial charge is 0.471 e. The van der Waals surface area contributed by atoms with E-state index in [2.05, 4.69) is 5.32 Å². The van der Waals surface area contributed by atoms with Crippen LogP contribution in [-0.4, -0.2) is 169 Å². The van der Waals surface area contributed by atoms with Crippen LogP contribution >= 0.6 is 0 Å². The molecule has 3 heterocycles. The molecule has 75 heavy (non-hydrogen) atoms. The lowest BCUT2D eigenvalue weighted by molar-refractivity contribution is -0.379. The normalized spacial score (nSPS) is 30.1. The molecule has 22 heteroatoms. The Balaban J connectivity index is 1.15. The molecule has 3 fully saturated rings. The van der Waals surface area contributed by atoms with Gasteiger partial charge in [-0.2, -0.15) is 13.2 Å². The molecule has 3 aliphatic rings. The van der Waals surface area contributed by atoms with Crippen molar-refractivity contribution in [3.8, 4) is 0 Å². The quantitative estimate of drug-likeness (QED) is 0.0471. The molecule has 0 spiro atoms. The van der Waals surface area contributed by atoms with Gasteiger partial charge in [0, 0.05) is 13.5 Å². The fourth-order valence-corrected chi connectivity index (χ4v) is 8.65. The van der Waals surface area contributed by atoms with Crippen LogP contribution in [0.2, 0.25) is 0 Å². The second-order valence-electron chi connectivity index (χ2n) is 18.3. The monoisotopic (exact) mass is 1060 g/mol. The van der Waals surface area contributed by atoms with Gasteiger partial charge in [-0.25, -0.2) is 0 Å². The van der Waals surface area contributed by atoms with Crippen LogP contribution in [0.25, 0.3) is 0 Å². The summed E-state index contributed by atoms with van der Waals surface area (Å²) in [6.07, 6.45) is -27.1. The molecule has 19 nitrogen and oxygen atoms in total. The predicted octanol–water partition coefficient (Wildman–Crippen LogP) is 2.56. The maximum absolute atomic E-state index is 12.8. The van der Waals surface area contributed by atoms with E-state index in [1.807, 2.05) is 84.9 Å². The zero-order valence-corrected chi connectivity index (χ0v) is 41.0. The van der Waals surface area contributed by atoms with Gasteiger partial charge in [0.15, 0.2) is 18.9 Å². The zero-order chi connectivity index (χ0) is 53.3. The average molecular weight is 1060 g/mol. The summed E-state index contributed by atoms with van der Waals surface area (Å²) in [4.78, 5) is 24.0. The molecule has 0 saturated carbocycles. The molecule has 3 saturated heterocycles. The van der Waals surface area contributed by atoms with E-state index < -0.39 is 117 Å². The number of carbonyl (C=O) groups is 2. The lowest BCUT2D eigenvalue weighted by Gasteiger charge is -2.49. The van der Waals surface area contributed by atoms with Gasteiger partial charge in [0.2, 0.25) is 5.91 Å². The number of hydrogen-bond donors (Lipinski definition) is 7. The van der Waals surface area contributed by atoms with Crippen molar-refractivity contribution in [2.24, 2.45) is 0 Å². The van der Waals surface area contributed by atoms with E-state index in [4.69, 9.17) is 47.4 Å². The minimum atomic E-state index is -5.10. The number of amides is 2. The van der Waals surface area contributed by atoms with E-state index in [-0.39, 0.29) is 59.3 Å². The van der Waals surface area contributed by atoms with Crippen molar-refractivity contribution in [2.75, 3.05) is 33.0 Å². The van der Waals surface area contributed by atoms with Gasteiger partial charge in [-0.1, -0.05) is 121 Å². The minimum Gasteiger partial charge on any atom is -0.388 e. The maximum Gasteiger partial charge on any atom is 0.471 e. The molecule has 0 bridgehead atoms. The van der Waals surface area contributed by atoms with Crippen LogP contribution in [0.15, 0.2) is 121 Å². The van der Waals surface area contributed by atoms with Crippen molar-refractivity contribution in [1.82, 2.24) is 10.6 Å². The Morgan fingerprint density at radius 2 is 0.973 bits per heavy atom. The second kappa shape index (κ2) is 28.4. The first-order chi connectivity index (χ1) is 36.2. The van der Waals surface area contributed by atoms with Crippen LogP contribution in [-0.2, 0) is 83.4 Å². The van der Waals surface area contributed by atoms with Gasteiger partial charge >= 0.3 is 12.1 Å². The van der Waals surface area contributed by atoms with Crippen molar-refractivity contribution in [3.63, 3.8) is 0 Å². The summed E-state index contributed by atoms with van der Waals surface area (Å²) in [5.41, 5.74) is 3.10. The number of alkyl halides is 3. The molecule has 4 aromatic carbocycles. The van der Waals surface area contributed by atoms with E-state index in [1.54, 1.807) is 41.7 Å². The van der Waals surface area contributed by atoms with Gasteiger partial charge in [-0.05, 0) is 28.7 Å². The van der Waals surface area contributed by atoms with Gasteiger partial charge in [-0.15, -0.1) is 0 Å². The fourth-order valence-electron chi connectivity index (χ4n) is 8.65. The third-order valence-electron chi connectivity index (χ3n) is 12.5. The molecule has 3 aliphatic heterocycles. The van der Waals surface area contributed by atoms with Gasteiger partial charge in [0.1, 0.15) is 73.2 Å². The Morgan fingerprint density at radius 3 is 1.48 bits per heavy atom. The van der Waals surface area contributed by atoms with Crippen molar-refractivity contribution < 1.29 is 95.7 Å². The van der Waals surface area contributed by atoms with Crippen LogP contribution < -0.4 is 10.6 Å². The molecule has 0 aromatic heterocycles. The van der Waals surface area contributed by atoms with E-state index >= 15 is 0 Å². The van der Waals surface area contributed by atoms with Crippen LogP contribution in [0.4, 0.5) is 13.2 Å². The van der Waals surface area contributed by atoms with Crippen LogP contribution in [0.5, 0.6) is 0 Å². The maximum atomic E-state index is 12.8. The summed E-state index contributed by atoms with van der Waals surface area (Å²) in [6.45, 7) is -0.188.